The van der Waals surface area contributed by atoms with Crippen molar-refractivity contribution in [3.8, 4) is 0 Å². The van der Waals surface area contributed by atoms with Crippen molar-refractivity contribution in [3.63, 3.8) is 0 Å². The number of ether oxygens (including phenoxy) is 2. The van der Waals surface area contributed by atoms with Gasteiger partial charge < -0.3 is 14.6 Å². The van der Waals surface area contributed by atoms with Crippen molar-refractivity contribution in [2.75, 3.05) is 6.61 Å². The SMILES string of the molecule is CC1(F)C2OC2(CO)O[C@H]1n1ccc(=S)[nH]c1=O. The second kappa shape index (κ2) is 3.47. The van der Waals surface area contributed by atoms with Crippen molar-refractivity contribution >= 4 is 12.2 Å². The maximum absolute atomic E-state index is 14.5. The molecule has 0 radical (unpaired) electrons. The van der Waals surface area contributed by atoms with Gasteiger partial charge in [-0.15, -0.1) is 0 Å². The average molecular weight is 274 g/mol. The molecule has 3 unspecified atom stereocenters. The van der Waals surface area contributed by atoms with Gasteiger partial charge in [0.15, 0.2) is 18.0 Å². The summed E-state index contributed by atoms with van der Waals surface area (Å²) in [6, 6.07) is 1.46. The summed E-state index contributed by atoms with van der Waals surface area (Å²) >= 11 is 4.80. The zero-order chi connectivity index (χ0) is 13.1. The first kappa shape index (κ1) is 12.0. The Morgan fingerprint density at radius 3 is 2.94 bits per heavy atom. The molecule has 0 bridgehead atoms. The number of aromatic amines is 1. The Morgan fingerprint density at radius 1 is 1.67 bits per heavy atom. The maximum atomic E-state index is 14.5. The number of hydrogen-bond donors (Lipinski definition) is 2. The number of nitrogens with one attached hydrogen (secondary N) is 1. The lowest BCUT2D eigenvalue weighted by atomic mass is 10.0. The number of alkyl halides is 1. The summed E-state index contributed by atoms with van der Waals surface area (Å²) < 4.78 is 26.3. The summed E-state index contributed by atoms with van der Waals surface area (Å²) in [4.78, 5) is 14.1. The molecule has 8 heteroatoms. The van der Waals surface area contributed by atoms with Gasteiger partial charge in [-0.1, -0.05) is 12.2 Å². The molecule has 2 aliphatic heterocycles. The minimum atomic E-state index is -1.90. The standard InChI is InChI=1S/C10H11FN2O4S/c1-9(11)6-10(4-14,16-6)17-7(9)13-3-2-5(18)12-8(13)15/h2-3,6-7,14H,4H2,1H3,(H,12,15,18)/t6?,7-,9?,10?/m1/s1. The first-order chi connectivity index (χ1) is 8.40. The Kier molecular flexibility index (Phi) is 2.31. The second-order valence-corrected chi connectivity index (χ2v) is 5.05. The summed E-state index contributed by atoms with van der Waals surface area (Å²) in [5.41, 5.74) is -2.46. The topological polar surface area (TPSA) is 79.8 Å². The van der Waals surface area contributed by atoms with Gasteiger partial charge in [0.1, 0.15) is 11.2 Å². The van der Waals surface area contributed by atoms with E-state index in [-0.39, 0.29) is 4.64 Å². The third kappa shape index (κ3) is 1.43. The van der Waals surface area contributed by atoms with Gasteiger partial charge in [-0.2, -0.15) is 0 Å². The summed E-state index contributed by atoms with van der Waals surface area (Å²) in [6.45, 7) is 0.825. The van der Waals surface area contributed by atoms with E-state index in [9.17, 15) is 9.18 Å². The highest BCUT2D eigenvalue weighted by molar-refractivity contribution is 7.71. The van der Waals surface area contributed by atoms with E-state index in [1.54, 1.807) is 0 Å². The van der Waals surface area contributed by atoms with Gasteiger partial charge in [0.05, 0.1) is 0 Å². The summed E-state index contributed by atoms with van der Waals surface area (Å²) in [6.07, 6.45) is -0.655. The number of nitrogens with zero attached hydrogens (tertiary/aromatic N) is 1. The Bertz CT molecular complexity index is 612. The monoisotopic (exact) mass is 274 g/mol. The van der Waals surface area contributed by atoms with E-state index >= 15 is 0 Å². The lowest BCUT2D eigenvalue weighted by Gasteiger charge is -2.25. The molecule has 3 rings (SSSR count). The van der Waals surface area contributed by atoms with Crippen LogP contribution in [0.4, 0.5) is 4.39 Å². The first-order valence-electron chi connectivity index (χ1n) is 5.37. The fourth-order valence-corrected chi connectivity index (χ4v) is 2.48. The molecule has 2 aliphatic rings. The van der Waals surface area contributed by atoms with Crippen LogP contribution < -0.4 is 5.69 Å². The predicted octanol–water partition coefficient (Wildman–Crippen LogP) is 0.250. The smallest absolute Gasteiger partial charge is 0.328 e. The molecule has 2 saturated heterocycles. The van der Waals surface area contributed by atoms with Gasteiger partial charge in [0.2, 0.25) is 5.79 Å². The van der Waals surface area contributed by atoms with Crippen LogP contribution in [0.25, 0.3) is 0 Å². The van der Waals surface area contributed by atoms with Gasteiger partial charge in [-0.05, 0) is 13.0 Å². The second-order valence-electron chi connectivity index (χ2n) is 4.61. The first-order valence-corrected chi connectivity index (χ1v) is 5.78. The van der Waals surface area contributed by atoms with Crippen LogP contribution in [0.2, 0.25) is 0 Å². The van der Waals surface area contributed by atoms with E-state index in [2.05, 4.69) is 4.98 Å². The van der Waals surface area contributed by atoms with E-state index in [1.165, 1.54) is 19.2 Å². The van der Waals surface area contributed by atoms with E-state index in [0.717, 1.165) is 4.57 Å². The summed E-state index contributed by atoms with van der Waals surface area (Å²) in [5.74, 6) is -1.32. The molecule has 6 nitrogen and oxygen atoms in total. The molecule has 3 heterocycles. The average Bonchev–Trinajstić information content (AvgIpc) is 2.98. The largest absolute Gasteiger partial charge is 0.391 e. The fraction of sp³-hybridized carbons (Fsp3) is 0.600. The van der Waals surface area contributed by atoms with Crippen molar-refractivity contribution in [3.05, 3.63) is 27.4 Å². The van der Waals surface area contributed by atoms with Gasteiger partial charge in [-0.3, -0.25) is 9.55 Å². The highest BCUT2D eigenvalue weighted by atomic mass is 32.1. The van der Waals surface area contributed by atoms with Crippen LogP contribution >= 0.6 is 12.2 Å². The van der Waals surface area contributed by atoms with E-state index in [4.69, 9.17) is 26.8 Å². The lowest BCUT2D eigenvalue weighted by molar-refractivity contribution is -0.174. The number of hydrogen-bond acceptors (Lipinski definition) is 5. The van der Waals surface area contributed by atoms with Crippen LogP contribution in [0.3, 0.4) is 0 Å². The number of aliphatic hydroxyl groups excluding tert-OH is 1. The van der Waals surface area contributed by atoms with Gasteiger partial charge >= 0.3 is 5.69 Å². The van der Waals surface area contributed by atoms with Gasteiger partial charge in [0, 0.05) is 6.20 Å². The van der Waals surface area contributed by atoms with Crippen LogP contribution in [0.15, 0.2) is 17.1 Å². The van der Waals surface area contributed by atoms with E-state index < -0.39 is 36.1 Å². The molecule has 0 aromatic carbocycles. The van der Waals surface area contributed by atoms with Crippen LogP contribution in [0, 0.1) is 4.64 Å². The molecule has 0 saturated carbocycles. The van der Waals surface area contributed by atoms with Crippen molar-refractivity contribution in [2.24, 2.45) is 0 Å². The molecule has 0 spiro atoms. The highest BCUT2D eigenvalue weighted by Crippen LogP contribution is 2.58. The number of epoxide rings is 1. The minimum Gasteiger partial charge on any atom is -0.391 e. The number of H-pyrrole nitrogens is 1. The molecule has 0 aliphatic carbocycles. The van der Waals surface area contributed by atoms with Crippen LogP contribution in [0.5, 0.6) is 0 Å². The molecule has 98 valence electrons. The van der Waals surface area contributed by atoms with Crippen LogP contribution in [-0.4, -0.2) is 38.8 Å². The summed E-state index contributed by atoms with van der Waals surface area (Å²) in [5, 5.41) is 9.15. The Balaban J connectivity index is 2.03. The van der Waals surface area contributed by atoms with Crippen molar-refractivity contribution in [1.29, 1.82) is 0 Å². The zero-order valence-corrected chi connectivity index (χ0v) is 10.2. The molecule has 18 heavy (non-hydrogen) atoms. The third-order valence-corrected chi connectivity index (χ3v) is 3.53. The fourth-order valence-electron chi connectivity index (χ4n) is 2.33. The van der Waals surface area contributed by atoms with Crippen molar-refractivity contribution < 1.29 is 19.0 Å². The minimum absolute atomic E-state index is 0.257. The normalized spacial score (nSPS) is 41.7. The Hall–Kier alpha value is -1.09. The zero-order valence-electron chi connectivity index (χ0n) is 9.42. The third-order valence-electron chi connectivity index (χ3n) is 3.29. The van der Waals surface area contributed by atoms with Crippen molar-refractivity contribution in [2.45, 2.75) is 30.7 Å². The van der Waals surface area contributed by atoms with Gasteiger partial charge in [-0.25, -0.2) is 9.18 Å². The molecule has 4 atom stereocenters. The molecule has 1 aromatic rings. The maximum Gasteiger partial charge on any atom is 0.328 e. The van der Waals surface area contributed by atoms with Crippen LogP contribution in [-0.2, 0) is 9.47 Å². The van der Waals surface area contributed by atoms with Gasteiger partial charge in [0.25, 0.3) is 0 Å². The lowest BCUT2D eigenvalue weighted by Crippen LogP contribution is -2.39. The van der Waals surface area contributed by atoms with E-state index in [1.807, 2.05) is 0 Å². The molecular formula is C10H11FN2O4S. The predicted molar refractivity (Wildman–Crippen MR) is 60.2 cm³/mol. The number of aromatic nitrogens is 2. The quantitative estimate of drug-likeness (QED) is 0.597. The summed E-state index contributed by atoms with van der Waals surface area (Å²) in [7, 11) is 0. The molecule has 2 N–H and O–H groups in total. The van der Waals surface area contributed by atoms with Crippen LogP contribution in [0.1, 0.15) is 13.2 Å². The Labute approximate surface area is 106 Å². The molecule has 0 amide bonds. The molecule has 1 aromatic heterocycles. The molecular weight excluding hydrogens is 263 g/mol. The number of fused-ring (bicyclic) bond motifs is 1. The van der Waals surface area contributed by atoms with Crippen molar-refractivity contribution in [1.82, 2.24) is 9.55 Å². The van der Waals surface area contributed by atoms with E-state index in [0.29, 0.717) is 0 Å². The highest BCUT2D eigenvalue weighted by Gasteiger charge is 2.77. The number of halogens is 1. The Morgan fingerprint density at radius 2 is 2.39 bits per heavy atom. The molecule has 2 fully saturated rings. The number of aliphatic hydroxyl groups is 1. The number of rotatable bonds is 2.